The van der Waals surface area contributed by atoms with Gasteiger partial charge in [0.15, 0.2) is 5.60 Å². The fraction of sp³-hybridized carbons (Fsp3) is 0.516. The van der Waals surface area contributed by atoms with E-state index < -0.39 is 19.8 Å². The zero-order valence-corrected chi connectivity index (χ0v) is 25.2. The van der Waals surface area contributed by atoms with Gasteiger partial charge in [0, 0.05) is 42.4 Å². The number of β-lactam (4-membered cyclic amide) rings is 1. The Kier molecular flexibility index (Phi) is 6.99. The number of fused-ring (bicyclic) bond motifs is 2. The first kappa shape index (κ1) is 27.9. The molecule has 2 N–H and O–H groups in total. The molecule has 2 aromatic carbocycles. The second-order valence-electron chi connectivity index (χ2n) is 12.4. The molecule has 0 radical (unpaired) electrons. The summed E-state index contributed by atoms with van der Waals surface area (Å²) in [7, 11) is -0.727. The number of aliphatic hydroxyl groups excluding tert-OH is 1. The van der Waals surface area contributed by atoms with Crippen LogP contribution in [-0.4, -0.2) is 74.8 Å². The number of hydrogen-bond donors (Lipinski definition) is 2. The zero-order valence-electron chi connectivity index (χ0n) is 24.2. The van der Waals surface area contributed by atoms with E-state index in [2.05, 4.69) is 37.5 Å². The van der Waals surface area contributed by atoms with Crippen LogP contribution in [0.4, 0.5) is 11.4 Å². The average molecular weight is 578 g/mol. The maximum Gasteiger partial charge on any atom is 0.261 e. The highest BCUT2D eigenvalue weighted by Crippen LogP contribution is 2.59. The molecule has 1 spiro atoms. The monoisotopic (exact) mass is 577 g/mol. The molecule has 3 fully saturated rings. The van der Waals surface area contributed by atoms with Crippen molar-refractivity contribution in [3.63, 3.8) is 0 Å². The number of hydrogen-bond acceptors (Lipinski definition) is 6. The van der Waals surface area contributed by atoms with Crippen LogP contribution in [0.25, 0.3) is 0 Å². The summed E-state index contributed by atoms with van der Waals surface area (Å²) in [6.07, 6.45) is 1.83. The second-order valence-corrected chi connectivity index (χ2v) is 17.1. The van der Waals surface area contributed by atoms with Crippen LogP contribution in [0.15, 0.2) is 42.5 Å². The van der Waals surface area contributed by atoms with E-state index in [0.717, 1.165) is 29.8 Å². The molecule has 4 heterocycles. The van der Waals surface area contributed by atoms with Crippen molar-refractivity contribution in [2.45, 2.75) is 69.0 Å². The fourth-order valence-electron chi connectivity index (χ4n) is 7.72. The van der Waals surface area contributed by atoms with E-state index in [0.29, 0.717) is 25.2 Å². The molecule has 2 aromatic rings. The molecule has 4 aliphatic rings. The summed E-state index contributed by atoms with van der Waals surface area (Å²) in [4.78, 5) is 43.4. The molecular weight excluding hydrogens is 538 g/mol. The minimum absolute atomic E-state index is 0.0427. The number of carbonyl (C=O) groups excluding carboxylic acids is 3. The molecule has 3 amide bonds. The molecule has 5 atom stereocenters. The number of likely N-dealkylation sites (tertiary alicyclic amines) is 1. The minimum Gasteiger partial charge on any atom is -0.497 e. The molecule has 0 bridgehead atoms. The van der Waals surface area contributed by atoms with Crippen LogP contribution in [0.5, 0.6) is 5.75 Å². The second kappa shape index (κ2) is 10.3. The molecule has 41 heavy (non-hydrogen) atoms. The van der Waals surface area contributed by atoms with Crippen molar-refractivity contribution in [3.8, 4) is 5.75 Å². The van der Waals surface area contributed by atoms with Gasteiger partial charge in [-0.25, -0.2) is 0 Å². The molecule has 0 unspecified atom stereocenters. The van der Waals surface area contributed by atoms with Crippen molar-refractivity contribution in [3.05, 3.63) is 48.0 Å². The number of methoxy groups -OCH3 is 1. The number of nitrogens with one attached hydrogen (secondary N) is 1. The van der Waals surface area contributed by atoms with Crippen LogP contribution < -0.4 is 20.1 Å². The molecule has 4 aliphatic heterocycles. The molecule has 218 valence electrons. The van der Waals surface area contributed by atoms with E-state index in [4.69, 9.17) is 9.47 Å². The van der Waals surface area contributed by atoms with E-state index in [-0.39, 0.29) is 48.3 Å². The number of rotatable bonds is 7. The third-order valence-electron chi connectivity index (χ3n) is 10.0. The third kappa shape index (κ3) is 4.30. The predicted molar refractivity (Wildman–Crippen MR) is 158 cm³/mol. The number of benzene rings is 2. The van der Waals surface area contributed by atoms with Gasteiger partial charge in [0.25, 0.3) is 5.91 Å². The molecule has 3 saturated heterocycles. The normalized spacial score (nSPS) is 29.1. The first-order chi connectivity index (χ1) is 19.6. The van der Waals surface area contributed by atoms with Crippen LogP contribution in [-0.2, 0) is 24.7 Å². The lowest BCUT2D eigenvalue weighted by Crippen LogP contribution is -2.52. The van der Waals surface area contributed by atoms with Crippen LogP contribution in [0, 0.1) is 5.92 Å². The van der Waals surface area contributed by atoms with Gasteiger partial charge in [-0.05, 0) is 48.7 Å². The maximum absolute atomic E-state index is 13.9. The van der Waals surface area contributed by atoms with Crippen LogP contribution in [0.1, 0.15) is 38.2 Å². The summed E-state index contributed by atoms with van der Waals surface area (Å²) in [5.41, 5.74) is 0.847. The number of ether oxygens (including phenoxy) is 2. The van der Waals surface area contributed by atoms with E-state index in [1.807, 2.05) is 30.3 Å². The van der Waals surface area contributed by atoms with Crippen molar-refractivity contribution >= 4 is 42.4 Å². The summed E-state index contributed by atoms with van der Waals surface area (Å²) in [6, 6.07) is 13.6. The van der Waals surface area contributed by atoms with Crippen molar-refractivity contribution in [1.82, 2.24) is 4.90 Å². The summed E-state index contributed by atoms with van der Waals surface area (Å²) in [5, 5.41) is 14.1. The van der Waals surface area contributed by atoms with Gasteiger partial charge in [-0.1, -0.05) is 37.3 Å². The van der Waals surface area contributed by atoms with Crippen LogP contribution in [0.3, 0.4) is 0 Å². The molecule has 0 aliphatic carbocycles. The number of amides is 3. The molecule has 0 saturated carbocycles. The Balaban J connectivity index is 1.42. The predicted octanol–water partition coefficient (Wildman–Crippen LogP) is 2.97. The molecular formula is C31H39N3O6Si. The molecule has 0 aromatic heterocycles. The van der Waals surface area contributed by atoms with Crippen LogP contribution in [0.2, 0.25) is 18.6 Å². The summed E-state index contributed by atoms with van der Waals surface area (Å²) in [5.74, 6) is 0.341. The van der Waals surface area contributed by atoms with Gasteiger partial charge in [-0.2, -0.15) is 0 Å². The van der Waals surface area contributed by atoms with Crippen LogP contribution >= 0.6 is 0 Å². The number of carbonyl (C=O) groups is 3. The fourth-order valence-corrected chi connectivity index (χ4v) is 11.7. The summed E-state index contributed by atoms with van der Waals surface area (Å²) in [6.45, 7) is 7.87. The largest absolute Gasteiger partial charge is 0.497 e. The Labute approximate surface area is 241 Å². The zero-order chi connectivity index (χ0) is 29.1. The Morgan fingerprint density at radius 1 is 1.17 bits per heavy atom. The molecule has 9 nitrogen and oxygen atoms in total. The summed E-state index contributed by atoms with van der Waals surface area (Å²) >= 11 is 0. The summed E-state index contributed by atoms with van der Waals surface area (Å²) < 4.78 is 12.3. The maximum atomic E-state index is 13.9. The first-order valence-corrected chi connectivity index (χ1v) is 17.7. The Morgan fingerprint density at radius 3 is 2.56 bits per heavy atom. The number of anilines is 2. The van der Waals surface area contributed by atoms with Crippen molar-refractivity contribution < 1.29 is 29.0 Å². The lowest BCUT2D eigenvalue weighted by atomic mass is 9.82. The minimum atomic E-state index is -2.37. The van der Waals surface area contributed by atoms with Gasteiger partial charge in [0.05, 0.1) is 40.4 Å². The highest BCUT2D eigenvalue weighted by atomic mass is 28.3. The van der Waals surface area contributed by atoms with Gasteiger partial charge >= 0.3 is 0 Å². The standard InChI is InChI=1S/C31H39N3O6Si/c1-19-29(41(3,4)23-10-8-22(39-2)9-11-23)26(17-28(37)33-14-5-6-21(33)18-35)40-31(19)24-16-20(34-15-13-27(34)36)7-12-25(24)32-30(31)38/h7-12,16,19,21,26,29,35H,5-6,13-15,17-18H2,1-4H3,(H,32,38)/t19-,21-,26+,29-,31+/m0/s1. The Hall–Kier alpha value is -3.21. The third-order valence-corrected chi connectivity index (χ3v) is 14.4. The smallest absolute Gasteiger partial charge is 0.261 e. The van der Waals surface area contributed by atoms with E-state index in [1.165, 1.54) is 5.19 Å². The number of nitrogens with zero attached hydrogens (tertiary/aromatic N) is 2. The van der Waals surface area contributed by atoms with E-state index in [9.17, 15) is 19.5 Å². The topological polar surface area (TPSA) is 108 Å². The van der Waals surface area contributed by atoms with Gasteiger partial charge < -0.3 is 29.7 Å². The quantitative estimate of drug-likeness (QED) is 0.387. The highest BCUT2D eigenvalue weighted by molar-refractivity contribution is 6.91. The van der Waals surface area contributed by atoms with E-state index >= 15 is 0 Å². The van der Waals surface area contributed by atoms with Gasteiger partial charge in [-0.15, -0.1) is 0 Å². The highest BCUT2D eigenvalue weighted by Gasteiger charge is 2.65. The SMILES string of the molecule is COc1ccc([Si](C)(C)[C@@H]2[C@@H](CC(=O)N3CCC[C@H]3CO)O[C@]3(C(=O)Nc4ccc(N5CCC5=O)cc43)[C@H]2C)cc1. The first-order valence-electron chi connectivity index (χ1n) is 14.6. The van der Waals surface area contributed by atoms with Crippen molar-refractivity contribution in [2.24, 2.45) is 5.92 Å². The molecule has 10 heteroatoms. The molecule has 6 rings (SSSR count). The number of aliphatic hydroxyl groups is 1. The Morgan fingerprint density at radius 2 is 1.93 bits per heavy atom. The average Bonchev–Trinajstić information content (AvgIpc) is 3.63. The lowest BCUT2D eigenvalue weighted by molar-refractivity contribution is -0.148. The lowest BCUT2D eigenvalue weighted by Gasteiger charge is -2.37. The Bertz CT molecular complexity index is 1380. The van der Waals surface area contributed by atoms with Crippen molar-refractivity contribution in [1.29, 1.82) is 0 Å². The van der Waals surface area contributed by atoms with E-state index in [1.54, 1.807) is 16.9 Å². The van der Waals surface area contributed by atoms with Gasteiger partial charge in [0.2, 0.25) is 11.8 Å². The van der Waals surface area contributed by atoms with Crippen molar-refractivity contribution in [2.75, 3.05) is 37.0 Å². The van der Waals surface area contributed by atoms with Gasteiger partial charge in [0.1, 0.15) is 5.75 Å². The van der Waals surface area contributed by atoms with Gasteiger partial charge in [-0.3, -0.25) is 14.4 Å².